The number of fused-ring (bicyclic) bond motifs is 4. The van der Waals surface area contributed by atoms with Gasteiger partial charge in [-0.2, -0.15) is 4.98 Å². The van der Waals surface area contributed by atoms with Crippen molar-refractivity contribution in [3.8, 4) is 0 Å². The van der Waals surface area contributed by atoms with Crippen molar-refractivity contribution in [1.29, 1.82) is 0 Å². The molecule has 5 rings (SSSR count). The summed E-state index contributed by atoms with van der Waals surface area (Å²) in [5, 5.41) is 1.53. The van der Waals surface area contributed by atoms with Crippen molar-refractivity contribution >= 4 is 56.0 Å². The van der Waals surface area contributed by atoms with Crippen molar-refractivity contribution < 1.29 is 0 Å². The van der Waals surface area contributed by atoms with Gasteiger partial charge in [0.1, 0.15) is 0 Å². The van der Waals surface area contributed by atoms with E-state index in [0.717, 1.165) is 32.0 Å². The Kier molecular flexibility index (Phi) is 3.80. The molecule has 25 heavy (non-hydrogen) atoms. The Labute approximate surface area is 156 Å². The first kappa shape index (κ1) is 15.4. The van der Waals surface area contributed by atoms with Crippen LogP contribution in [0.2, 0.25) is 0 Å². The maximum Gasteiger partial charge on any atom is 0.281 e. The molecule has 0 spiro atoms. The fourth-order valence-corrected chi connectivity index (χ4v) is 6.53. The Hall–Kier alpha value is -1.83. The van der Waals surface area contributed by atoms with E-state index in [9.17, 15) is 4.79 Å². The van der Waals surface area contributed by atoms with E-state index in [1.165, 1.54) is 4.70 Å². The highest BCUT2D eigenvalue weighted by Gasteiger charge is 2.26. The van der Waals surface area contributed by atoms with Crippen molar-refractivity contribution in [3.63, 3.8) is 0 Å². The maximum atomic E-state index is 12.2. The quantitative estimate of drug-likeness (QED) is 0.386. The number of benzene rings is 2. The van der Waals surface area contributed by atoms with Gasteiger partial charge in [0.25, 0.3) is 5.56 Å². The average molecular weight is 384 g/mol. The normalized spacial score (nSPS) is 16.6. The summed E-state index contributed by atoms with van der Waals surface area (Å²) >= 11 is 5.19. The number of para-hydroxylation sites is 2. The van der Waals surface area contributed by atoms with E-state index in [0.29, 0.717) is 11.4 Å². The van der Waals surface area contributed by atoms with Crippen molar-refractivity contribution in [1.82, 2.24) is 14.5 Å². The molecule has 1 atom stereocenters. The highest BCUT2D eigenvalue weighted by Crippen LogP contribution is 2.38. The number of thiazole rings is 1. The zero-order valence-electron chi connectivity index (χ0n) is 13.1. The van der Waals surface area contributed by atoms with E-state index in [4.69, 9.17) is 4.98 Å². The van der Waals surface area contributed by atoms with Crippen LogP contribution in [-0.2, 0) is 0 Å². The molecule has 4 nitrogen and oxygen atoms in total. The van der Waals surface area contributed by atoms with Gasteiger partial charge in [-0.15, -0.1) is 11.3 Å². The van der Waals surface area contributed by atoms with Crippen molar-refractivity contribution in [2.45, 2.75) is 15.5 Å². The molecule has 0 bridgehead atoms. The van der Waals surface area contributed by atoms with Crippen LogP contribution in [0, 0.1) is 0 Å². The van der Waals surface area contributed by atoms with E-state index >= 15 is 0 Å². The summed E-state index contributed by atoms with van der Waals surface area (Å²) in [6.07, 6.45) is 0. The number of hydrogen-bond donors (Lipinski definition) is 0. The minimum Gasteiger partial charge on any atom is -0.315 e. The Morgan fingerprint density at radius 3 is 2.88 bits per heavy atom. The van der Waals surface area contributed by atoms with Gasteiger partial charge in [-0.3, -0.25) is 4.79 Å². The summed E-state index contributed by atoms with van der Waals surface area (Å²) in [5.41, 5.74) is 1.91. The summed E-state index contributed by atoms with van der Waals surface area (Å²) in [4.78, 5) is 21.1. The van der Waals surface area contributed by atoms with Crippen LogP contribution in [0.5, 0.6) is 0 Å². The van der Waals surface area contributed by atoms with Crippen LogP contribution in [0.4, 0.5) is 0 Å². The second-order valence-corrected chi connectivity index (χ2v) is 9.09. The minimum absolute atomic E-state index is 0.131. The molecule has 0 saturated heterocycles. The molecule has 0 amide bonds. The predicted molar refractivity (Wildman–Crippen MR) is 106 cm³/mol. The van der Waals surface area contributed by atoms with Crippen LogP contribution in [0.3, 0.4) is 0 Å². The second-order valence-electron chi connectivity index (χ2n) is 5.81. The van der Waals surface area contributed by atoms with Crippen molar-refractivity contribution in [2.75, 3.05) is 11.5 Å². The maximum absolute atomic E-state index is 12.2. The third-order valence-electron chi connectivity index (χ3n) is 4.24. The van der Waals surface area contributed by atoms with Crippen LogP contribution in [-0.4, -0.2) is 26.0 Å². The molecule has 1 aliphatic rings. The van der Waals surface area contributed by atoms with Crippen molar-refractivity contribution in [2.24, 2.45) is 0 Å². The first-order valence-electron chi connectivity index (χ1n) is 7.92. The Balaban J connectivity index is 1.47. The Morgan fingerprint density at radius 1 is 1.12 bits per heavy atom. The highest BCUT2D eigenvalue weighted by atomic mass is 32.2. The number of thioether (sulfide) groups is 2. The van der Waals surface area contributed by atoms with Crippen LogP contribution >= 0.6 is 34.9 Å². The van der Waals surface area contributed by atoms with E-state index in [1.54, 1.807) is 34.9 Å². The molecule has 2 aromatic heterocycles. The first-order chi connectivity index (χ1) is 12.3. The van der Waals surface area contributed by atoms with Crippen LogP contribution in [0.15, 0.2) is 62.8 Å². The van der Waals surface area contributed by atoms with Crippen LogP contribution in [0.1, 0.15) is 6.04 Å². The van der Waals surface area contributed by atoms with E-state index < -0.39 is 0 Å². The minimum atomic E-state index is -0.131. The topological polar surface area (TPSA) is 47.8 Å². The number of aromatic nitrogens is 3. The molecule has 0 N–H and O–H groups in total. The van der Waals surface area contributed by atoms with E-state index in [2.05, 4.69) is 21.7 Å². The molecule has 0 aliphatic carbocycles. The molecule has 0 unspecified atom stereocenters. The lowest BCUT2D eigenvalue weighted by atomic mass is 10.2. The average Bonchev–Trinajstić information content (AvgIpc) is 3.23. The molecule has 1 aliphatic heterocycles. The fourth-order valence-electron chi connectivity index (χ4n) is 3.07. The SMILES string of the molecule is O=c1nc2n(c3ccccc13)[C@H](CSc1nc3ccccc3s1)CS2. The third-order valence-corrected chi connectivity index (χ3v) is 7.66. The molecular weight excluding hydrogens is 370 g/mol. The lowest BCUT2D eigenvalue weighted by molar-refractivity contribution is 0.591. The molecule has 2 aromatic carbocycles. The largest absolute Gasteiger partial charge is 0.315 e. The molecular formula is C18H13N3OS3. The van der Waals surface area contributed by atoms with Gasteiger partial charge < -0.3 is 4.57 Å². The van der Waals surface area contributed by atoms with E-state index in [-0.39, 0.29) is 5.56 Å². The first-order valence-corrected chi connectivity index (χ1v) is 10.7. The number of nitrogens with zero attached hydrogens (tertiary/aromatic N) is 3. The lowest BCUT2D eigenvalue weighted by Gasteiger charge is -2.15. The number of hydrogen-bond acceptors (Lipinski definition) is 6. The number of rotatable bonds is 3. The Morgan fingerprint density at radius 2 is 1.96 bits per heavy atom. The van der Waals surface area contributed by atoms with Crippen molar-refractivity contribution in [3.05, 3.63) is 58.9 Å². The molecule has 0 saturated carbocycles. The van der Waals surface area contributed by atoms with Gasteiger partial charge >= 0.3 is 0 Å². The lowest BCUT2D eigenvalue weighted by Crippen LogP contribution is -2.17. The molecule has 7 heteroatoms. The van der Waals surface area contributed by atoms with Gasteiger partial charge in [0.15, 0.2) is 9.50 Å². The molecule has 0 radical (unpaired) electrons. The fraction of sp³-hybridized carbons (Fsp3) is 0.167. The van der Waals surface area contributed by atoms with Crippen LogP contribution in [0.25, 0.3) is 21.1 Å². The Bertz CT molecular complexity index is 1120. The van der Waals surface area contributed by atoms with Gasteiger partial charge in [0.2, 0.25) is 0 Å². The van der Waals surface area contributed by atoms with E-state index in [1.807, 2.05) is 36.4 Å². The molecule has 124 valence electrons. The summed E-state index contributed by atoms with van der Waals surface area (Å²) in [5.74, 6) is 1.87. The molecule has 0 fully saturated rings. The molecule has 3 heterocycles. The van der Waals surface area contributed by atoms with Gasteiger partial charge in [-0.1, -0.05) is 47.8 Å². The smallest absolute Gasteiger partial charge is 0.281 e. The highest BCUT2D eigenvalue weighted by molar-refractivity contribution is 8.01. The molecule has 4 aromatic rings. The summed E-state index contributed by atoms with van der Waals surface area (Å²) < 4.78 is 4.54. The summed E-state index contributed by atoms with van der Waals surface area (Å²) in [7, 11) is 0. The van der Waals surface area contributed by atoms with Gasteiger partial charge in [0.05, 0.1) is 27.2 Å². The van der Waals surface area contributed by atoms with Crippen LogP contribution < -0.4 is 5.56 Å². The van der Waals surface area contributed by atoms with Gasteiger partial charge in [-0.25, -0.2) is 4.98 Å². The summed E-state index contributed by atoms with van der Waals surface area (Å²) in [6, 6.07) is 16.3. The standard InChI is InChI=1S/C18H13N3OS3/c22-16-12-5-1-3-7-14(12)21-11(9-23-17(21)20-16)10-24-18-19-13-6-2-4-8-15(13)25-18/h1-8,11H,9-10H2/t11-/m0/s1. The summed E-state index contributed by atoms with van der Waals surface area (Å²) in [6.45, 7) is 0. The zero-order chi connectivity index (χ0) is 16.8. The van der Waals surface area contributed by atoms with Gasteiger partial charge in [0, 0.05) is 11.5 Å². The van der Waals surface area contributed by atoms with Gasteiger partial charge in [-0.05, 0) is 24.3 Å². The monoisotopic (exact) mass is 383 g/mol. The second kappa shape index (κ2) is 6.16. The zero-order valence-corrected chi connectivity index (χ0v) is 15.5. The third kappa shape index (κ3) is 2.67. The predicted octanol–water partition coefficient (Wildman–Crippen LogP) is 4.45.